The molecule has 0 aromatic carbocycles. The van der Waals surface area contributed by atoms with Crippen LogP contribution in [0, 0.1) is 0 Å². The van der Waals surface area contributed by atoms with Gasteiger partial charge in [0.25, 0.3) is 0 Å². The molecule has 8 nitrogen and oxygen atoms in total. The van der Waals surface area contributed by atoms with Gasteiger partial charge >= 0.3 is 17.9 Å². The molecule has 0 heterocycles. The number of hydrogen-bond donors (Lipinski definition) is 1. The van der Waals surface area contributed by atoms with Gasteiger partial charge in [0.1, 0.15) is 6.61 Å². The summed E-state index contributed by atoms with van der Waals surface area (Å²) in [6.07, 6.45) is 41.8. The average Bonchev–Trinajstić information content (AvgIpc) is 3.12. The first-order chi connectivity index (χ1) is 26.1. The number of aliphatic carboxylic acids is 1. The summed E-state index contributed by atoms with van der Waals surface area (Å²) in [4.78, 5) is 36.9. The van der Waals surface area contributed by atoms with E-state index in [9.17, 15) is 19.5 Å². The second kappa shape index (κ2) is 37.5. The van der Waals surface area contributed by atoms with E-state index in [1.165, 1.54) is 103 Å². The molecule has 0 saturated heterocycles. The van der Waals surface area contributed by atoms with Crippen molar-refractivity contribution in [3.63, 3.8) is 0 Å². The number of quaternary nitrogens is 1. The van der Waals surface area contributed by atoms with Crippen LogP contribution in [0.2, 0.25) is 0 Å². The average molecular weight is 763 g/mol. The number of carbonyl (C=O) groups is 3. The maximum absolute atomic E-state index is 12.7. The van der Waals surface area contributed by atoms with Crippen molar-refractivity contribution < 1.29 is 38.2 Å². The molecule has 0 bridgehead atoms. The number of hydrogen-bond acceptors (Lipinski definition) is 6. The number of carboxylic acids is 1. The Balaban J connectivity index is 4.28. The van der Waals surface area contributed by atoms with Gasteiger partial charge in [-0.25, -0.2) is 4.79 Å². The fraction of sp³-hybridized carbons (Fsp3) is 0.804. The van der Waals surface area contributed by atoms with Crippen molar-refractivity contribution in [2.24, 2.45) is 0 Å². The highest BCUT2D eigenvalue weighted by Gasteiger charge is 2.31. The van der Waals surface area contributed by atoms with E-state index in [1.807, 2.05) is 21.1 Å². The van der Waals surface area contributed by atoms with Crippen LogP contribution in [0.15, 0.2) is 36.5 Å². The molecule has 2 atom stereocenters. The minimum Gasteiger partial charge on any atom is -0.477 e. The van der Waals surface area contributed by atoms with Gasteiger partial charge in [0, 0.05) is 19.3 Å². The van der Waals surface area contributed by atoms with Crippen LogP contribution < -0.4 is 0 Å². The van der Waals surface area contributed by atoms with Gasteiger partial charge in [0.2, 0.25) is 0 Å². The van der Waals surface area contributed by atoms with Gasteiger partial charge in [0.05, 0.1) is 34.4 Å². The number of allylic oxidation sites excluding steroid dienone is 6. The van der Waals surface area contributed by atoms with Crippen LogP contribution in [0.25, 0.3) is 0 Å². The van der Waals surface area contributed by atoms with Gasteiger partial charge in [-0.3, -0.25) is 9.59 Å². The lowest BCUT2D eigenvalue weighted by atomic mass is 10.1. The SMILES string of the molecule is CCCC/C=C/CCCCCCCC(=O)OC(COCCC(C(=O)O)[N+](C)(C)C)COC(=O)CCCCCCCCCCCC/C=C/C=C/CCCCC. The molecule has 0 aliphatic heterocycles. The number of unbranched alkanes of at least 4 members (excludes halogenated alkanes) is 20. The van der Waals surface area contributed by atoms with E-state index in [0.717, 1.165) is 51.4 Å². The van der Waals surface area contributed by atoms with E-state index >= 15 is 0 Å². The standard InChI is InChI=1S/C46H83NO7/c1-6-8-10-12-14-16-18-19-20-21-22-23-24-25-27-28-30-32-34-36-44(48)53-41-42(40-52-39-38-43(46(50)51)47(3,4)5)54-45(49)37-35-33-31-29-26-17-15-13-11-9-7-2/h13-16,18-19,42-43H,6-12,17,20-41H2,1-5H3/p+1/b15-13+,16-14+,19-18+. The quantitative estimate of drug-likeness (QED) is 0.0219. The molecule has 54 heavy (non-hydrogen) atoms. The van der Waals surface area contributed by atoms with E-state index in [4.69, 9.17) is 14.2 Å². The summed E-state index contributed by atoms with van der Waals surface area (Å²) in [5, 5.41) is 9.60. The summed E-state index contributed by atoms with van der Waals surface area (Å²) in [6, 6.07) is -0.615. The van der Waals surface area contributed by atoms with Gasteiger partial charge in [-0.05, 0) is 57.8 Å². The molecule has 8 heteroatoms. The highest BCUT2D eigenvalue weighted by Crippen LogP contribution is 2.14. The van der Waals surface area contributed by atoms with Crippen LogP contribution in [0.3, 0.4) is 0 Å². The van der Waals surface area contributed by atoms with Crippen LogP contribution in [-0.2, 0) is 28.6 Å². The van der Waals surface area contributed by atoms with Crippen LogP contribution in [0.5, 0.6) is 0 Å². The van der Waals surface area contributed by atoms with Crippen molar-refractivity contribution in [1.82, 2.24) is 0 Å². The Morgan fingerprint density at radius 3 is 1.50 bits per heavy atom. The van der Waals surface area contributed by atoms with Crippen LogP contribution >= 0.6 is 0 Å². The van der Waals surface area contributed by atoms with Crippen molar-refractivity contribution in [3.05, 3.63) is 36.5 Å². The first-order valence-corrected chi connectivity index (χ1v) is 22.0. The second-order valence-corrected chi connectivity index (χ2v) is 16.0. The summed E-state index contributed by atoms with van der Waals surface area (Å²) in [5.41, 5.74) is 0. The lowest BCUT2D eigenvalue weighted by molar-refractivity contribution is -0.887. The molecule has 0 aromatic rings. The van der Waals surface area contributed by atoms with Gasteiger partial charge in [0.15, 0.2) is 12.1 Å². The maximum Gasteiger partial charge on any atom is 0.362 e. The summed E-state index contributed by atoms with van der Waals surface area (Å²) in [5.74, 6) is -1.48. The highest BCUT2D eigenvalue weighted by atomic mass is 16.6. The van der Waals surface area contributed by atoms with Gasteiger partial charge in [-0.1, -0.05) is 147 Å². The Kier molecular flexibility index (Phi) is 35.8. The summed E-state index contributed by atoms with van der Waals surface area (Å²) in [7, 11) is 5.52. The molecule has 2 unspecified atom stereocenters. The molecule has 0 spiro atoms. The first-order valence-electron chi connectivity index (χ1n) is 22.0. The predicted molar refractivity (Wildman–Crippen MR) is 225 cm³/mol. The number of esters is 2. The molecule has 0 aliphatic carbocycles. The number of ether oxygens (including phenoxy) is 3. The predicted octanol–water partition coefficient (Wildman–Crippen LogP) is 11.9. The summed E-state index contributed by atoms with van der Waals surface area (Å²) < 4.78 is 17.2. The van der Waals surface area contributed by atoms with E-state index in [0.29, 0.717) is 19.3 Å². The van der Waals surface area contributed by atoms with Crippen molar-refractivity contribution in [2.45, 2.75) is 199 Å². The Morgan fingerprint density at radius 1 is 0.556 bits per heavy atom. The Labute approximate surface area is 332 Å². The van der Waals surface area contributed by atoms with Crippen LogP contribution in [0.4, 0.5) is 0 Å². The summed E-state index contributed by atoms with van der Waals surface area (Å²) >= 11 is 0. The molecule has 0 radical (unpaired) electrons. The molecule has 0 aliphatic rings. The van der Waals surface area contributed by atoms with E-state index in [-0.39, 0.29) is 36.2 Å². The number of likely N-dealkylation sites (N-methyl/N-ethyl adjacent to an activating group) is 1. The molecular weight excluding hydrogens is 679 g/mol. The molecule has 1 N–H and O–H groups in total. The van der Waals surface area contributed by atoms with Gasteiger partial charge in [-0.2, -0.15) is 0 Å². The lowest BCUT2D eigenvalue weighted by Crippen LogP contribution is -2.50. The Bertz CT molecular complexity index is 984. The first kappa shape index (κ1) is 51.5. The van der Waals surface area contributed by atoms with E-state index in [1.54, 1.807) is 0 Å². The molecule has 314 valence electrons. The molecule has 0 rings (SSSR count). The highest BCUT2D eigenvalue weighted by molar-refractivity contribution is 5.72. The topological polar surface area (TPSA) is 99.1 Å². The Morgan fingerprint density at radius 2 is 1.00 bits per heavy atom. The third kappa shape index (κ3) is 35.3. The zero-order chi connectivity index (χ0) is 40.0. The fourth-order valence-electron chi connectivity index (χ4n) is 6.30. The maximum atomic E-state index is 12.7. The fourth-order valence-corrected chi connectivity index (χ4v) is 6.30. The van der Waals surface area contributed by atoms with Crippen LogP contribution in [-0.4, -0.2) is 80.6 Å². The lowest BCUT2D eigenvalue weighted by Gasteiger charge is -2.31. The number of nitrogens with zero attached hydrogens (tertiary/aromatic N) is 1. The molecular formula is C46H84NO7+. The zero-order valence-electron chi connectivity index (χ0n) is 35.7. The van der Waals surface area contributed by atoms with Crippen molar-refractivity contribution >= 4 is 17.9 Å². The van der Waals surface area contributed by atoms with Crippen molar-refractivity contribution in [3.8, 4) is 0 Å². The van der Waals surface area contributed by atoms with Gasteiger partial charge < -0.3 is 23.8 Å². The van der Waals surface area contributed by atoms with E-state index < -0.39 is 18.1 Å². The molecule has 0 aromatic heterocycles. The largest absolute Gasteiger partial charge is 0.477 e. The Hall–Kier alpha value is -2.45. The summed E-state index contributed by atoms with van der Waals surface area (Å²) in [6.45, 7) is 4.66. The van der Waals surface area contributed by atoms with E-state index in [2.05, 4.69) is 50.3 Å². The van der Waals surface area contributed by atoms with Crippen molar-refractivity contribution in [1.29, 1.82) is 0 Å². The minimum absolute atomic E-state index is 0.0551. The van der Waals surface area contributed by atoms with Crippen molar-refractivity contribution in [2.75, 3.05) is 41.0 Å². The number of rotatable bonds is 39. The normalized spacial score (nSPS) is 13.3. The monoisotopic (exact) mass is 763 g/mol. The second-order valence-electron chi connectivity index (χ2n) is 16.0. The number of carbonyl (C=O) groups excluding carboxylic acids is 2. The molecule has 0 saturated carbocycles. The van der Waals surface area contributed by atoms with Gasteiger partial charge in [-0.15, -0.1) is 0 Å². The smallest absolute Gasteiger partial charge is 0.362 e. The number of carboxylic acid groups (broad SMARTS) is 1. The minimum atomic E-state index is -0.877. The van der Waals surface area contributed by atoms with Crippen LogP contribution in [0.1, 0.15) is 187 Å². The molecule has 0 amide bonds. The third-order valence-corrected chi connectivity index (χ3v) is 9.79. The zero-order valence-corrected chi connectivity index (χ0v) is 35.7. The third-order valence-electron chi connectivity index (χ3n) is 9.79. The molecule has 0 fully saturated rings.